The minimum absolute atomic E-state index is 1.07. The molecule has 0 spiro atoms. The summed E-state index contributed by atoms with van der Waals surface area (Å²) in [7, 11) is 0. The Kier molecular flexibility index (Phi) is 5.38. The molecular weight excluding hydrogens is 204 g/mol. The van der Waals surface area contributed by atoms with Crippen molar-refractivity contribution in [2.24, 2.45) is 23.7 Å². The predicted molar refractivity (Wildman–Crippen MR) is 76.1 cm³/mol. The van der Waals surface area contributed by atoms with Crippen LogP contribution in [0.15, 0.2) is 0 Å². The highest BCUT2D eigenvalue weighted by Crippen LogP contribution is 2.42. The third-order valence-electron chi connectivity index (χ3n) is 5.66. The summed E-state index contributed by atoms with van der Waals surface area (Å²) in [6.45, 7) is 4.74. The van der Waals surface area contributed by atoms with Gasteiger partial charge < -0.3 is 0 Å². The number of rotatable bonds is 4. The third kappa shape index (κ3) is 3.73. The molecule has 0 saturated heterocycles. The molecule has 100 valence electrons. The molecule has 0 amide bonds. The largest absolute Gasteiger partial charge is 0.0654 e. The van der Waals surface area contributed by atoms with E-state index in [2.05, 4.69) is 13.8 Å². The lowest BCUT2D eigenvalue weighted by Gasteiger charge is -2.38. The second-order valence-electron chi connectivity index (χ2n) is 6.77. The zero-order valence-corrected chi connectivity index (χ0v) is 12.1. The Hall–Kier alpha value is 0. The van der Waals surface area contributed by atoms with Crippen molar-refractivity contribution in [3.05, 3.63) is 0 Å². The first-order valence-electron chi connectivity index (χ1n) is 8.33. The van der Waals surface area contributed by atoms with Crippen LogP contribution in [0.5, 0.6) is 0 Å². The molecule has 0 aromatic rings. The average Bonchev–Trinajstić information content (AvgIpc) is 2.40. The van der Waals surface area contributed by atoms with Crippen molar-refractivity contribution < 1.29 is 0 Å². The first-order chi connectivity index (χ1) is 8.33. The average molecular weight is 236 g/mol. The van der Waals surface area contributed by atoms with E-state index in [9.17, 15) is 0 Å². The first kappa shape index (κ1) is 13.4. The van der Waals surface area contributed by atoms with E-state index in [1.807, 2.05) is 0 Å². The summed E-state index contributed by atoms with van der Waals surface area (Å²) >= 11 is 0. The van der Waals surface area contributed by atoms with E-state index < -0.39 is 0 Å². The maximum atomic E-state index is 2.39. The minimum Gasteiger partial charge on any atom is -0.0654 e. The summed E-state index contributed by atoms with van der Waals surface area (Å²) in [6, 6.07) is 0. The zero-order valence-electron chi connectivity index (χ0n) is 12.1. The molecule has 0 heterocycles. The van der Waals surface area contributed by atoms with Crippen molar-refractivity contribution in [1.29, 1.82) is 0 Å². The summed E-state index contributed by atoms with van der Waals surface area (Å²) in [6.07, 6.45) is 16.7. The molecule has 2 fully saturated rings. The van der Waals surface area contributed by atoms with Gasteiger partial charge in [-0.3, -0.25) is 0 Å². The topological polar surface area (TPSA) is 0 Å². The van der Waals surface area contributed by atoms with Crippen molar-refractivity contribution in [2.45, 2.75) is 84.5 Å². The van der Waals surface area contributed by atoms with Crippen molar-refractivity contribution >= 4 is 0 Å². The predicted octanol–water partition coefficient (Wildman–Crippen LogP) is 5.81. The molecule has 0 N–H and O–H groups in total. The van der Waals surface area contributed by atoms with Gasteiger partial charge >= 0.3 is 0 Å². The molecule has 0 bridgehead atoms. The van der Waals surface area contributed by atoms with Gasteiger partial charge in [-0.2, -0.15) is 0 Å². The fourth-order valence-corrected chi connectivity index (χ4v) is 4.49. The van der Waals surface area contributed by atoms with Gasteiger partial charge in [-0.05, 0) is 42.9 Å². The molecule has 0 aromatic carbocycles. The number of hydrogen-bond donors (Lipinski definition) is 0. The third-order valence-corrected chi connectivity index (χ3v) is 5.66. The molecule has 2 aliphatic carbocycles. The molecule has 2 atom stereocenters. The zero-order chi connectivity index (χ0) is 12.1. The van der Waals surface area contributed by atoms with Crippen LogP contribution in [0.4, 0.5) is 0 Å². The quantitative estimate of drug-likeness (QED) is 0.578. The van der Waals surface area contributed by atoms with Crippen molar-refractivity contribution in [3.63, 3.8) is 0 Å². The first-order valence-corrected chi connectivity index (χ1v) is 8.33. The summed E-state index contributed by atoms with van der Waals surface area (Å²) in [5.41, 5.74) is 0. The van der Waals surface area contributed by atoms with Gasteiger partial charge in [0.1, 0.15) is 0 Å². The van der Waals surface area contributed by atoms with Crippen LogP contribution in [0.25, 0.3) is 0 Å². The van der Waals surface area contributed by atoms with Crippen molar-refractivity contribution in [2.75, 3.05) is 0 Å². The molecule has 0 nitrogen and oxygen atoms in total. The summed E-state index contributed by atoms with van der Waals surface area (Å²) in [5, 5.41) is 0. The SMILES string of the molecule is CCCC1CCC([C@@H]2CCC[C@@H](CC)C2)CC1. The van der Waals surface area contributed by atoms with Gasteiger partial charge in [0.15, 0.2) is 0 Å². The van der Waals surface area contributed by atoms with Gasteiger partial charge in [-0.25, -0.2) is 0 Å². The van der Waals surface area contributed by atoms with Crippen molar-refractivity contribution in [1.82, 2.24) is 0 Å². The molecule has 0 unspecified atom stereocenters. The Morgan fingerprint density at radius 1 is 0.765 bits per heavy atom. The standard InChI is InChI=1S/C17H32/c1-3-6-15-9-11-16(12-10-15)17-8-5-7-14(4-2)13-17/h14-17H,3-13H2,1-2H3/t14-,15?,16?,17-/m1/s1. The maximum Gasteiger partial charge on any atom is -0.0383 e. The van der Waals surface area contributed by atoms with Gasteiger partial charge in [0.2, 0.25) is 0 Å². The fraction of sp³-hybridized carbons (Fsp3) is 1.00. The monoisotopic (exact) mass is 236 g/mol. The normalized spacial score (nSPS) is 39.2. The Labute approximate surface area is 109 Å². The van der Waals surface area contributed by atoms with Crippen LogP contribution in [-0.4, -0.2) is 0 Å². The van der Waals surface area contributed by atoms with Gasteiger partial charge in [0, 0.05) is 0 Å². The Balaban J connectivity index is 1.76. The fourth-order valence-electron chi connectivity index (χ4n) is 4.49. The van der Waals surface area contributed by atoms with Crippen LogP contribution in [-0.2, 0) is 0 Å². The molecule has 2 aliphatic rings. The second-order valence-corrected chi connectivity index (χ2v) is 6.77. The molecule has 0 radical (unpaired) electrons. The highest BCUT2D eigenvalue weighted by molar-refractivity contribution is 4.82. The minimum atomic E-state index is 1.07. The van der Waals surface area contributed by atoms with Crippen LogP contribution < -0.4 is 0 Å². The molecule has 2 rings (SSSR count). The van der Waals surface area contributed by atoms with Gasteiger partial charge in [-0.15, -0.1) is 0 Å². The van der Waals surface area contributed by atoms with Crippen LogP contribution in [0.3, 0.4) is 0 Å². The summed E-state index contributed by atoms with van der Waals surface area (Å²) in [5.74, 6) is 4.37. The van der Waals surface area contributed by atoms with Crippen molar-refractivity contribution in [3.8, 4) is 0 Å². The molecule has 17 heavy (non-hydrogen) atoms. The summed E-state index contributed by atoms with van der Waals surface area (Å²) < 4.78 is 0. The van der Waals surface area contributed by atoms with E-state index >= 15 is 0 Å². The Bertz CT molecular complexity index is 200. The second kappa shape index (κ2) is 6.81. The number of hydrogen-bond acceptors (Lipinski definition) is 0. The Morgan fingerprint density at radius 2 is 1.53 bits per heavy atom. The van der Waals surface area contributed by atoms with Gasteiger partial charge in [-0.1, -0.05) is 65.2 Å². The van der Waals surface area contributed by atoms with E-state index in [4.69, 9.17) is 0 Å². The van der Waals surface area contributed by atoms with Crippen LogP contribution in [0, 0.1) is 23.7 Å². The van der Waals surface area contributed by atoms with E-state index in [1.165, 1.54) is 32.1 Å². The smallest absolute Gasteiger partial charge is 0.0383 e. The van der Waals surface area contributed by atoms with Gasteiger partial charge in [0.25, 0.3) is 0 Å². The summed E-state index contributed by atoms with van der Waals surface area (Å²) in [4.78, 5) is 0. The van der Waals surface area contributed by atoms with E-state index in [-0.39, 0.29) is 0 Å². The van der Waals surface area contributed by atoms with E-state index in [0.29, 0.717) is 0 Å². The lowest BCUT2D eigenvalue weighted by Crippen LogP contribution is -2.26. The van der Waals surface area contributed by atoms with Crippen LogP contribution in [0.2, 0.25) is 0 Å². The Morgan fingerprint density at radius 3 is 2.18 bits per heavy atom. The molecular formula is C17H32. The lowest BCUT2D eigenvalue weighted by atomic mass is 9.68. The van der Waals surface area contributed by atoms with E-state index in [1.54, 1.807) is 38.5 Å². The lowest BCUT2D eigenvalue weighted by molar-refractivity contribution is 0.135. The van der Waals surface area contributed by atoms with Crippen LogP contribution in [0.1, 0.15) is 84.5 Å². The highest BCUT2D eigenvalue weighted by Gasteiger charge is 2.30. The molecule has 2 saturated carbocycles. The van der Waals surface area contributed by atoms with E-state index in [0.717, 1.165) is 23.7 Å². The maximum absolute atomic E-state index is 2.39. The highest BCUT2D eigenvalue weighted by atomic mass is 14.4. The molecule has 0 heteroatoms. The molecule has 0 aliphatic heterocycles. The van der Waals surface area contributed by atoms with Gasteiger partial charge in [0.05, 0.1) is 0 Å². The molecule has 0 aromatic heterocycles. The van der Waals surface area contributed by atoms with Crippen LogP contribution >= 0.6 is 0 Å².